The van der Waals surface area contributed by atoms with E-state index in [0.29, 0.717) is 26.2 Å². The van der Waals surface area contributed by atoms with Crippen molar-refractivity contribution in [3.8, 4) is 0 Å². The lowest BCUT2D eigenvalue weighted by Crippen LogP contribution is -2.48. The summed E-state index contributed by atoms with van der Waals surface area (Å²) in [6, 6.07) is 2.01. The number of fused-ring (bicyclic) bond motifs is 1. The standard InChI is InChI=1S/C14H21N3O3S2/c1-16(6-11-3-4-21-8-11)13(18)14-9-15-5-12(14)7-17(10-14)22(2,19)20/h3-4,8,12,15H,5-7,9-10H2,1-2H3/t12-,14-/m1/s1. The second kappa shape index (κ2) is 5.59. The molecule has 1 amide bonds. The van der Waals surface area contributed by atoms with Crippen molar-refractivity contribution < 1.29 is 13.2 Å². The van der Waals surface area contributed by atoms with Crippen LogP contribution in [0.15, 0.2) is 16.8 Å². The van der Waals surface area contributed by atoms with E-state index in [4.69, 9.17) is 0 Å². The monoisotopic (exact) mass is 343 g/mol. The van der Waals surface area contributed by atoms with Crippen LogP contribution in [0.3, 0.4) is 0 Å². The van der Waals surface area contributed by atoms with Crippen LogP contribution < -0.4 is 5.32 Å². The molecule has 2 atom stereocenters. The van der Waals surface area contributed by atoms with Crippen LogP contribution in [0.2, 0.25) is 0 Å². The van der Waals surface area contributed by atoms with Crippen LogP contribution >= 0.6 is 11.3 Å². The van der Waals surface area contributed by atoms with Crippen LogP contribution in [0, 0.1) is 11.3 Å². The van der Waals surface area contributed by atoms with Crippen molar-refractivity contribution in [1.82, 2.24) is 14.5 Å². The molecule has 0 unspecified atom stereocenters. The maximum Gasteiger partial charge on any atom is 0.231 e. The minimum absolute atomic E-state index is 0.0415. The van der Waals surface area contributed by atoms with E-state index in [9.17, 15) is 13.2 Å². The molecular weight excluding hydrogens is 322 g/mol. The van der Waals surface area contributed by atoms with E-state index in [1.807, 2.05) is 16.8 Å². The van der Waals surface area contributed by atoms with Crippen LogP contribution in [0.5, 0.6) is 0 Å². The Hall–Kier alpha value is -0.960. The van der Waals surface area contributed by atoms with Gasteiger partial charge < -0.3 is 10.2 Å². The lowest BCUT2D eigenvalue weighted by atomic mass is 9.79. The van der Waals surface area contributed by atoms with Crippen molar-refractivity contribution in [2.45, 2.75) is 6.54 Å². The molecule has 0 bridgehead atoms. The smallest absolute Gasteiger partial charge is 0.231 e. The molecule has 2 fully saturated rings. The number of nitrogens with zero attached hydrogens (tertiary/aromatic N) is 2. The normalized spacial score (nSPS) is 28.7. The van der Waals surface area contributed by atoms with Crippen LogP contribution in [0.4, 0.5) is 0 Å². The van der Waals surface area contributed by atoms with E-state index < -0.39 is 15.4 Å². The summed E-state index contributed by atoms with van der Waals surface area (Å²) in [6.07, 6.45) is 1.22. The predicted molar refractivity (Wildman–Crippen MR) is 86.0 cm³/mol. The number of hydrogen-bond acceptors (Lipinski definition) is 5. The zero-order valence-electron chi connectivity index (χ0n) is 12.8. The highest BCUT2D eigenvalue weighted by molar-refractivity contribution is 7.88. The fraction of sp³-hybridized carbons (Fsp3) is 0.643. The quantitative estimate of drug-likeness (QED) is 0.847. The van der Waals surface area contributed by atoms with Crippen LogP contribution in [0.25, 0.3) is 0 Å². The summed E-state index contributed by atoms with van der Waals surface area (Å²) in [6.45, 7) is 2.54. The Morgan fingerprint density at radius 3 is 3.00 bits per heavy atom. The molecule has 0 saturated carbocycles. The number of nitrogens with one attached hydrogen (secondary N) is 1. The molecule has 2 aliphatic rings. The number of amides is 1. The lowest BCUT2D eigenvalue weighted by molar-refractivity contribution is -0.140. The summed E-state index contributed by atoms with van der Waals surface area (Å²) < 4.78 is 25.1. The van der Waals surface area contributed by atoms with E-state index in [2.05, 4.69) is 5.32 Å². The summed E-state index contributed by atoms with van der Waals surface area (Å²) in [7, 11) is -1.46. The highest BCUT2D eigenvalue weighted by Crippen LogP contribution is 2.41. The van der Waals surface area contributed by atoms with Gasteiger partial charge in [0.05, 0.1) is 11.7 Å². The minimum Gasteiger partial charge on any atom is -0.341 e. The van der Waals surface area contributed by atoms with Crippen LogP contribution in [-0.2, 0) is 21.4 Å². The predicted octanol–water partition coefficient (Wildman–Crippen LogP) is 0.188. The number of rotatable bonds is 4. The van der Waals surface area contributed by atoms with E-state index >= 15 is 0 Å². The molecule has 3 heterocycles. The number of sulfonamides is 1. The Kier molecular flexibility index (Phi) is 4.05. The van der Waals surface area contributed by atoms with E-state index in [-0.39, 0.29) is 18.4 Å². The molecule has 1 aromatic rings. The van der Waals surface area contributed by atoms with Crippen LogP contribution in [0.1, 0.15) is 5.56 Å². The molecule has 122 valence electrons. The molecule has 8 heteroatoms. The lowest BCUT2D eigenvalue weighted by Gasteiger charge is -2.31. The largest absolute Gasteiger partial charge is 0.341 e. The molecule has 1 N–H and O–H groups in total. The first-order chi connectivity index (χ1) is 10.3. The van der Waals surface area contributed by atoms with Gasteiger partial charge in [-0.25, -0.2) is 12.7 Å². The third-order valence-corrected chi connectivity index (χ3v) is 6.68. The SMILES string of the molecule is CN(Cc1ccsc1)C(=O)[C@@]12CNC[C@@H]1CN(S(C)(=O)=O)C2. The summed E-state index contributed by atoms with van der Waals surface area (Å²) in [5.74, 6) is 0.0968. The number of carbonyl (C=O) groups excluding carboxylic acids is 1. The first-order valence-corrected chi connectivity index (χ1v) is 10.0. The molecule has 0 radical (unpaired) electrons. The van der Waals surface area contributed by atoms with Gasteiger partial charge in [0, 0.05) is 45.7 Å². The summed E-state index contributed by atoms with van der Waals surface area (Å²) in [4.78, 5) is 14.7. The fourth-order valence-electron chi connectivity index (χ4n) is 3.54. The van der Waals surface area contributed by atoms with Gasteiger partial charge in [-0.05, 0) is 22.4 Å². The Balaban J connectivity index is 1.80. The van der Waals surface area contributed by atoms with Crippen molar-refractivity contribution in [2.75, 3.05) is 39.5 Å². The third-order valence-electron chi connectivity index (χ3n) is 4.74. The van der Waals surface area contributed by atoms with Crippen molar-refractivity contribution in [1.29, 1.82) is 0 Å². The molecule has 2 saturated heterocycles. The van der Waals surface area contributed by atoms with Crippen molar-refractivity contribution >= 4 is 27.3 Å². The van der Waals surface area contributed by atoms with E-state index in [0.717, 1.165) is 5.56 Å². The molecule has 3 rings (SSSR count). The van der Waals surface area contributed by atoms with Crippen molar-refractivity contribution in [3.05, 3.63) is 22.4 Å². The van der Waals surface area contributed by atoms with Crippen molar-refractivity contribution in [2.24, 2.45) is 11.3 Å². The van der Waals surface area contributed by atoms with Gasteiger partial charge in [0.1, 0.15) is 0 Å². The Bertz CT molecular complexity index is 659. The first-order valence-electron chi connectivity index (χ1n) is 7.25. The highest BCUT2D eigenvalue weighted by atomic mass is 32.2. The maximum atomic E-state index is 13.0. The number of thiophene rings is 1. The van der Waals surface area contributed by atoms with E-state index in [1.54, 1.807) is 23.3 Å². The van der Waals surface area contributed by atoms with Gasteiger partial charge in [0.25, 0.3) is 0 Å². The Morgan fingerprint density at radius 1 is 1.59 bits per heavy atom. The minimum atomic E-state index is -3.26. The zero-order valence-corrected chi connectivity index (χ0v) is 14.4. The van der Waals surface area contributed by atoms with Gasteiger partial charge in [-0.3, -0.25) is 4.79 Å². The molecule has 22 heavy (non-hydrogen) atoms. The molecule has 0 spiro atoms. The molecule has 1 aromatic heterocycles. The van der Waals surface area contributed by atoms with Crippen molar-refractivity contribution in [3.63, 3.8) is 0 Å². The maximum absolute atomic E-state index is 13.0. The average Bonchev–Trinajstić information content (AvgIpc) is 3.10. The first kappa shape index (κ1) is 15.9. The number of hydrogen-bond donors (Lipinski definition) is 1. The second-order valence-corrected chi connectivity index (χ2v) is 9.09. The summed E-state index contributed by atoms with van der Waals surface area (Å²) in [5, 5.41) is 7.29. The van der Waals surface area contributed by atoms with Gasteiger partial charge in [0.15, 0.2) is 0 Å². The topological polar surface area (TPSA) is 69.7 Å². The molecule has 0 aliphatic carbocycles. The summed E-state index contributed by atoms with van der Waals surface area (Å²) in [5.41, 5.74) is 0.492. The molecule has 0 aromatic carbocycles. The molecule has 2 aliphatic heterocycles. The average molecular weight is 343 g/mol. The van der Waals surface area contributed by atoms with Gasteiger partial charge in [-0.15, -0.1) is 0 Å². The Labute approximate surface area is 135 Å². The highest BCUT2D eigenvalue weighted by Gasteiger charge is 2.57. The molecule has 6 nitrogen and oxygen atoms in total. The second-order valence-electron chi connectivity index (χ2n) is 6.33. The Morgan fingerprint density at radius 2 is 2.36 bits per heavy atom. The zero-order chi connectivity index (χ0) is 16.0. The van der Waals surface area contributed by atoms with Gasteiger partial charge in [-0.2, -0.15) is 11.3 Å². The van der Waals surface area contributed by atoms with Crippen LogP contribution in [-0.4, -0.2) is 63.0 Å². The van der Waals surface area contributed by atoms with E-state index in [1.165, 1.54) is 10.6 Å². The fourth-order valence-corrected chi connectivity index (χ4v) is 5.11. The van der Waals surface area contributed by atoms with Gasteiger partial charge in [0.2, 0.25) is 15.9 Å². The van der Waals surface area contributed by atoms with Gasteiger partial charge >= 0.3 is 0 Å². The number of carbonyl (C=O) groups is 1. The summed E-state index contributed by atoms with van der Waals surface area (Å²) >= 11 is 1.61. The molecular formula is C14H21N3O3S2. The van der Waals surface area contributed by atoms with Gasteiger partial charge in [-0.1, -0.05) is 0 Å². The third kappa shape index (κ3) is 2.68.